The molecule has 0 radical (unpaired) electrons. The van der Waals surface area contributed by atoms with Gasteiger partial charge in [0.05, 0.1) is 43.0 Å². The monoisotopic (exact) mass is 504 g/mol. The third kappa shape index (κ3) is 5.16. The van der Waals surface area contributed by atoms with Gasteiger partial charge < -0.3 is 34.2 Å². The van der Waals surface area contributed by atoms with E-state index in [2.05, 4.69) is 0 Å². The molecule has 2 aromatic rings. The molecule has 0 spiro atoms. The maximum Gasteiger partial charge on any atom is 0.295 e. The maximum absolute atomic E-state index is 13.2. The van der Waals surface area contributed by atoms with Crippen LogP contribution in [-0.4, -0.2) is 79.7 Å². The molecule has 9 nitrogen and oxygen atoms in total. The summed E-state index contributed by atoms with van der Waals surface area (Å²) in [6.07, 6.45) is 0. The predicted octanol–water partition coefficient (Wildman–Crippen LogP) is 3.44. The number of ether oxygens (including phenoxy) is 3. The Bertz CT molecular complexity index is 1160. The molecule has 0 aromatic heterocycles. The zero-order valence-corrected chi connectivity index (χ0v) is 21.0. The molecule has 3 rings (SSSR count). The first-order valence-electron chi connectivity index (χ1n) is 10.9. The highest BCUT2D eigenvalue weighted by atomic mass is 35.5. The van der Waals surface area contributed by atoms with Crippen molar-refractivity contribution in [2.75, 3.05) is 48.0 Å². The molecule has 1 heterocycles. The molecular weight excluding hydrogens is 476 g/mol. The minimum Gasteiger partial charge on any atom is -0.507 e. The van der Waals surface area contributed by atoms with E-state index < -0.39 is 23.5 Å². The lowest BCUT2D eigenvalue weighted by Crippen LogP contribution is -2.35. The average Bonchev–Trinajstić information content (AvgIpc) is 3.08. The number of phenols is 1. The molecule has 35 heavy (non-hydrogen) atoms. The molecule has 1 fully saturated rings. The van der Waals surface area contributed by atoms with Crippen LogP contribution in [0.4, 0.5) is 0 Å². The maximum atomic E-state index is 13.2. The van der Waals surface area contributed by atoms with Gasteiger partial charge in [0.2, 0.25) is 0 Å². The number of aliphatic hydroxyl groups is 1. The molecule has 1 aliphatic heterocycles. The number of aliphatic hydroxyl groups excluding tert-OH is 1. The second-order valence-electron chi connectivity index (χ2n) is 8.14. The Labute approximate surface area is 209 Å². The van der Waals surface area contributed by atoms with E-state index in [4.69, 9.17) is 25.8 Å². The number of phenolic OH excluding ortho intramolecular Hbond substituents is 1. The number of carbonyl (C=O) groups is 2. The van der Waals surface area contributed by atoms with E-state index in [1.54, 1.807) is 19.1 Å². The van der Waals surface area contributed by atoms with Crippen molar-refractivity contribution in [1.82, 2.24) is 9.80 Å². The fraction of sp³-hybridized carbons (Fsp3) is 0.360. The van der Waals surface area contributed by atoms with Crippen LogP contribution < -0.4 is 14.2 Å². The highest BCUT2D eigenvalue weighted by Gasteiger charge is 2.46. The molecule has 1 saturated heterocycles. The predicted molar refractivity (Wildman–Crippen MR) is 131 cm³/mol. The van der Waals surface area contributed by atoms with Crippen molar-refractivity contribution in [2.24, 2.45) is 0 Å². The average molecular weight is 505 g/mol. The number of Topliss-reactive ketones (excluding diaryl/α,β-unsaturated/α-hetero) is 1. The smallest absolute Gasteiger partial charge is 0.295 e. The Morgan fingerprint density at radius 3 is 2.37 bits per heavy atom. The number of benzene rings is 2. The number of ketones is 1. The molecule has 0 saturated carbocycles. The number of aromatic hydroxyl groups is 1. The third-order valence-corrected chi connectivity index (χ3v) is 5.95. The van der Waals surface area contributed by atoms with Gasteiger partial charge in [-0.3, -0.25) is 9.59 Å². The molecule has 10 heteroatoms. The Morgan fingerprint density at radius 1 is 1.09 bits per heavy atom. The van der Waals surface area contributed by atoms with Gasteiger partial charge in [-0.05, 0) is 44.8 Å². The van der Waals surface area contributed by atoms with Crippen LogP contribution in [0.25, 0.3) is 5.76 Å². The van der Waals surface area contributed by atoms with Gasteiger partial charge in [0.1, 0.15) is 17.3 Å². The summed E-state index contributed by atoms with van der Waals surface area (Å²) in [5.74, 6) is -1.37. The zero-order chi connectivity index (χ0) is 25.9. The lowest BCUT2D eigenvalue weighted by molar-refractivity contribution is -0.140. The highest BCUT2D eigenvalue weighted by Crippen LogP contribution is 2.44. The third-order valence-electron chi connectivity index (χ3n) is 5.66. The van der Waals surface area contributed by atoms with Gasteiger partial charge in [-0.1, -0.05) is 17.7 Å². The van der Waals surface area contributed by atoms with Gasteiger partial charge >= 0.3 is 0 Å². The number of likely N-dealkylation sites (tertiary alicyclic amines) is 1. The molecule has 2 N–H and O–H groups in total. The Balaban J connectivity index is 2.26. The van der Waals surface area contributed by atoms with Crippen LogP contribution in [0.5, 0.6) is 23.0 Å². The van der Waals surface area contributed by atoms with Crippen molar-refractivity contribution < 1.29 is 34.0 Å². The van der Waals surface area contributed by atoms with Crippen LogP contribution in [0, 0.1) is 0 Å². The van der Waals surface area contributed by atoms with E-state index in [-0.39, 0.29) is 40.0 Å². The van der Waals surface area contributed by atoms with Crippen molar-refractivity contribution in [3.05, 3.63) is 52.1 Å². The number of nitrogens with zero attached hydrogens (tertiary/aromatic N) is 2. The van der Waals surface area contributed by atoms with Crippen LogP contribution >= 0.6 is 11.6 Å². The number of amides is 1. The summed E-state index contributed by atoms with van der Waals surface area (Å²) < 4.78 is 16.1. The van der Waals surface area contributed by atoms with Crippen LogP contribution in [0.3, 0.4) is 0 Å². The largest absolute Gasteiger partial charge is 0.507 e. The van der Waals surface area contributed by atoms with Crippen molar-refractivity contribution in [1.29, 1.82) is 0 Å². The summed E-state index contributed by atoms with van der Waals surface area (Å²) in [6.45, 7) is 2.79. The highest BCUT2D eigenvalue weighted by molar-refractivity contribution is 6.46. The molecule has 1 aliphatic rings. The summed E-state index contributed by atoms with van der Waals surface area (Å²) in [5.41, 5.74) is 0.503. The first-order valence-corrected chi connectivity index (χ1v) is 11.3. The first-order chi connectivity index (χ1) is 16.6. The number of hydrogen-bond acceptors (Lipinski definition) is 8. The van der Waals surface area contributed by atoms with E-state index >= 15 is 0 Å². The van der Waals surface area contributed by atoms with Crippen LogP contribution in [-0.2, 0) is 9.59 Å². The van der Waals surface area contributed by atoms with E-state index in [1.165, 1.54) is 37.3 Å². The Morgan fingerprint density at radius 2 is 1.77 bits per heavy atom. The lowest BCUT2D eigenvalue weighted by Gasteiger charge is -2.27. The van der Waals surface area contributed by atoms with Crippen molar-refractivity contribution in [2.45, 2.75) is 13.0 Å². The standard InChI is InChI=1S/C25H29ClN2O7/c1-6-35-20-11-14(7-8-17(20)29)22-21(24(31)25(32)28(22)10-9-27(2)3)23(30)15-12-16(26)19(34-5)13-18(15)33-4/h7-8,11-13,22,29-30H,6,9-10H2,1-5H3/b23-21+. The molecule has 2 aromatic carbocycles. The van der Waals surface area contributed by atoms with E-state index in [9.17, 15) is 19.8 Å². The number of hydrogen-bond donors (Lipinski definition) is 2. The van der Waals surface area contributed by atoms with E-state index in [1.807, 2.05) is 19.0 Å². The molecule has 0 bridgehead atoms. The van der Waals surface area contributed by atoms with Gasteiger partial charge in [0.15, 0.2) is 11.5 Å². The Kier molecular flexibility index (Phi) is 8.14. The molecule has 1 unspecified atom stereocenters. The summed E-state index contributed by atoms with van der Waals surface area (Å²) >= 11 is 6.29. The molecule has 1 amide bonds. The molecule has 1 atom stereocenters. The van der Waals surface area contributed by atoms with Gasteiger partial charge in [-0.15, -0.1) is 0 Å². The summed E-state index contributed by atoms with van der Waals surface area (Å²) in [7, 11) is 6.55. The Hall–Kier alpha value is -3.43. The van der Waals surface area contributed by atoms with Crippen LogP contribution in [0.2, 0.25) is 5.02 Å². The van der Waals surface area contributed by atoms with E-state index in [0.29, 0.717) is 24.5 Å². The molecule has 188 valence electrons. The van der Waals surface area contributed by atoms with Gasteiger partial charge in [0, 0.05) is 19.2 Å². The van der Waals surface area contributed by atoms with Gasteiger partial charge in [-0.2, -0.15) is 0 Å². The summed E-state index contributed by atoms with van der Waals surface area (Å²) in [6, 6.07) is 6.55. The van der Waals surface area contributed by atoms with Crippen LogP contribution in [0.15, 0.2) is 35.9 Å². The fourth-order valence-electron chi connectivity index (χ4n) is 3.93. The molecular formula is C25H29ClN2O7. The number of halogens is 1. The van der Waals surface area contributed by atoms with Crippen LogP contribution in [0.1, 0.15) is 24.1 Å². The second kappa shape index (κ2) is 10.9. The first kappa shape index (κ1) is 26.2. The van der Waals surface area contributed by atoms with E-state index in [0.717, 1.165) is 0 Å². The number of carbonyl (C=O) groups excluding carboxylic acids is 2. The minimum absolute atomic E-state index is 0.0792. The normalized spacial score (nSPS) is 17.2. The van der Waals surface area contributed by atoms with Crippen molar-refractivity contribution >= 4 is 29.1 Å². The SMILES string of the molecule is CCOc1cc(C2/C(=C(\O)c3cc(Cl)c(OC)cc3OC)C(=O)C(=O)N2CCN(C)C)ccc1O. The molecule has 0 aliphatic carbocycles. The number of methoxy groups -OCH3 is 2. The second-order valence-corrected chi connectivity index (χ2v) is 8.55. The summed E-state index contributed by atoms with van der Waals surface area (Å²) in [4.78, 5) is 29.6. The topological polar surface area (TPSA) is 109 Å². The van der Waals surface area contributed by atoms with Gasteiger partial charge in [-0.25, -0.2) is 0 Å². The minimum atomic E-state index is -0.930. The lowest BCUT2D eigenvalue weighted by atomic mass is 9.94. The number of rotatable bonds is 9. The van der Waals surface area contributed by atoms with Crippen molar-refractivity contribution in [3.8, 4) is 23.0 Å². The number of likely N-dealkylation sites (N-methyl/N-ethyl adjacent to an activating group) is 1. The quantitative estimate of drug-likeness (QED) is 0.304. The summed E-state index contributed by atoms with van der Waals surface area (Å²) in [5, 5.41) is 21.7. The fourth-order valence-corrected chi connectivity index (χ4v) is 4.17. The van der Waals surface area contributed by atoms with Gasteiger partial charge in [0.25, 0.3) is 11.7 Å². The zero-order valence-electron chi connectivity index (χ0n) is 20.3. The van der Waals surface area contributed by atoms with Crippen molar-refractivity contribution in [3.63, 3.8) is 0 Å².